The van der Waals surface area contributed by atoms with E-state index < -0.39 is 0 Å². The summed E-state index contributed by atoms with van der Waals surface area (Å²) in [6, 6.07) is 5.46. The molecule has 3 rings (SSSR count). The van der Waals surface area contributed by atoms with Gasteiger partial charge in [0.2, 0.25) is 5.91 Å². The summed E-state index contributed by atoms with van der Waals surface area (Å²) in [5.41, 5.74) is 0. The van der Waals surface area contributed by atoms with Crippen LogP contribution in [-0.4, -0.2) is 52.7 Å². The fourth-order valence-electron chi connectivity index (χ4n) is 4.30. The molecule has 0 bridgehead atoms. The first kappa shape index (κ1) is 17.6. The minimum Gasteiger partial charge on any atom is -0.341 e. The zero-order valence-corrected chi connectivity index (χ0v) is 15.6. The highest BCUT2D eigenvalue weighted by atomic mass is 32.1. The van der Waals surface area contributed by atoms with Crippen LogP contribution in [0.1, 0.15) is 62.0 Å². The highest BCUT2D eigenvalue weighted by Crippen LogP contribution is 2.30. The minimum atomic E-state index is 0.0914. The van der Waals surface area contributed by atoms with Gasteiger partial charge in [0.15, 0.2) is 5.78 Å². The highest BCUT2D eigenvalue weighted by Gasteiger charge is 2.36. The van der Waals surface area contributed by atoms with E-state index in [1.165, 1.54) is 30.6 Å². The molecule has 1 amide bonds. The van der Waals surface area contributed by atoms with Crippen LogP contribution in [0.3, 0.4) is 0 Å². The predicted molar refractivity (Wildman–Crippen MR) is 97.5 cm³/mol. The van der Waals surface area contributed by atoms with Crippen molar-refractivity contribution in [3.63, 3.8) is 0 Å². The number of carbonyl (C=O) groups excluding carboxylic acids is 2. The quantitative estimate of drug-likeness (QED) is 0.764. The molecule has 1 aromatic heterocycles. The van der Waals surface area contributed by atoms with Gasteiger partial charge in [0, 0.05) is 44.1 Å². The Hall–Kier alpha value is -1.20. The number of rotatable bonds is 5. The van der Waals surface area contributed by atoms with Gasteiger partial charge in [-0.15, -0.1) is 11.3 Å². The van der Waals surface area contributed by atoms with Crippen LogP contribution in [0, 0.1) is 0 Å². The molecule has 3 heterocycles. The lowest BCUT2D eigenvalue weighted by atomic mass is 10.0. The number of ketones is 1. The molecule has 0 N–H and O–H groups in total. The summed E-state index contributed by atoms with van der Waals surface area (Å²) in [6.45, 7) is 6.30. The molecule has 0 unspecified atom stereocenters. The highest BCUT2D eigenvalue weighted by molar-refractivity contribution is 7.12. The molecule has 2 aliphatic heterocycles. The molecule has 0 aliphatic carbocycles. The van der Waals surface area contributed by atoms with Gasteiger partial charge in [-0.1, -0.05) is 6.07 Å². The Morgan fingerprint density at radius 3 is 2.58 bits per heavy atom. The summed E-state index contributed by atoms with van der Waals surface area (Å²) in [5.74, 6) is 0.234. The van der Waals surface area contributed by atoms with E-state index in [0.29, 0.717) is 31.0 Å². The fourth-order valence-corrected chi connectivity index (χ4v) is 4.99. The number of amides is 1. The van der Waals surface area contributed by atoms with E-state index >= 15 is 0 Å². The van der Waals surface area contributed by atoms with Gasteiger partial charge in [0.05, 0.1) is 4.88 Å². The molecule has 3 atom stereocenters. The molecule has 132 valence electrons. The molecule has 0 saturated carbocycles. The van der Waals surface area contributed by atoms with Crippen molar-refractivity contribution in [1.82, 2.24) is 9.80 Å². The smallest absolute Gasteiger partial charge is 0.223 e. The molecular formula is C19H28N2O2S. The Morgan fingerprint density at radius 1 is 1.17 bits per heavy atom. The lowest BCUT2D eigenvalue weighted by Gasteiger charge is -2.41. The van der Waals surface area contributed by atoms with E-state index in [1.807, 2.05) is 22.4 Å². The standard InChI is InChI=1S/C19H28N2O2S/c1-14-7-8-15(2)21(14)16-5-3-11-20(13-16)19(23)10-9-17(22)18-6-4-12-24-18/h4,6,12,14-16H,3,5,7-11,13H2,1-2H3/t14-,15-,16-/m1/s1. The molecule has 2 fully saturated rings. The summed E-state index contributed by atoms with van der Waals surface area (Å²) >= 11 is 1.45. The molecule has 1 aromatic rings. The summed E-state index contributed by atoms with van der Waals surface area (Å²) in [7, 11) is 0. The van der Waals surface area contributed by atoms with Crippen molar-refractivity contribution in [2.24, 2.45) is 0 Å². The van der Waals surface area contributed by atoms with Gasteiger partial charge in [0.25, 0.3) is 0 Å². The third kappa shape index (κ3) is 3.89. The zero-order valence-electron chi connectivity index (χ0n) is 14.7. The van der Waals surface area contributed by atoms with Crippen LogP contribution in [0.25, 0.3) is 0 Å². The van der Waals surface area contributed by atoms with Crippen molar-refractivity contribution < 1.29 is 9.59 Å². The molecular weight excluding hydrogens is 320 g/mol. The molecule has 5 heteroatoms. The van der Waals surface area contributed by atoms with Gasteiger partial charge >= 0.3 is 0 Å². The van der Waals surface area contributed by atoms with Crippen LogP contribution < -0.4 is 0 Å². The lowest BCUT2D eigenvalue weighted by Crippen LogP contribution is -2.52. The monoisotopic (exact) mass is 348 g/mol. The first-order chi connectivity index (χ1) is 11.6. The van der Waals surface area contributed by atoms with Gasteiger partial charge in [-0.05, 0) is 51.0 Å². The van der Waals surface area contributed by atoms with Crippen LogP contribution in [-0.2, 0) is 4.79 Å². The molecule has 2 aliphatic rings. The summed E-state index contributed by atoms with van der Waals surface area (Å²) < 4.78 is 0. The number of piperidine rings is 1. The van der Waals surface area contributed by atoms with Crippen molar-refractivity contribution in [3.8, 4) is 0 Å². The Balaban J connectivity index is 1.52. The Bertz CT molecular complexity index is 562. The van der Waals surface area contributed by atoms with Gasteiger partial charge < -0.3 is 4.90 Å². The maximum atomic E-state index is 12.6. The average Bonchev–Trinajstić information content (AvgIpc) is 3.23. The molecule has 0 spiro atoms. The van der Waals surface area contributed by atoms with Crippen molar-refractivity contribution in [3.05, 3.63) is 22.4 Å². The van der Waals surface area contributed by atoms with Crippen LogP contribution in [0.4, 0.5) is 0 Å². The van der Waals surface area contributed by atoms with Gasteiger partial charge in [-0.3, -0.25) is 14.5 Å². The van der Waals surface area contributed by atoms with Crippen molar-refractivity contribution in [1.29, 1.82) is 0 Å². The van der Waals surface area contributed by atoms with E-state index in [4.69, 9.17) is 0 Å². The molecule has 0 aromatic carbocycles. The number of nitrogens with zero attached hydrogens (tertiary/aromatic N) is 2. The summed E-state index contributed by atoms with van der Waals surface area (Å²) in [4.78, 5) is 30.0. The number of Topliss-reactive ketones (excluding diaryl/α,β-unsaturated/α-hetero) is 1. The van der Waals surface area contributed by atoms with Crippen molar-refractivity contribution >= 4 is 23.0 Å². The van der Waals surface area contributed by atoms with Crippen LogP contribution >= 0.6 is 11.3 Å². The third-order valence-electron chi connectivity index (χ3n) is 5.55. The number of hydrogen-bond acceptors (Lipinski definition) is 4. The maximum absolute atomic E-state index is 12.6. The number of carbonyl (C=O) groups is 2. The first-order valence-electron chi connectivity index (χ1n) is 9.18. The zero-order chi connectivity index (χ0) is 17.1. The molecule has 4 nitrogen and oxygen atoms in total. The molecule has 0 radical (unpaired) electrons. The maximum Gasteiger partial charge on any atom is 0.223 e. The normalized spacial score (nSPS) is 28.2. The lowest BCUT2D eigenvalue weighted by molar-refractivity contribution is -0.133. The second kappa shape index (κ2) is 7.79. The topological polar surface area (TPSA) is 40.6 Å². The van der Waals surface area contributed by atoms with Crippen LogP contribution in [0.2, 0.25) is 0 Å². The Labute approximate surface area is 148 Å². The Morgan fingerprint density at radius 2 is 1.92 bits per heavy atom. The average molecular weight is 349 g/mol. The third-order valence-corrected chi connectivity index (χ3v) is 6.46. The number of thiophene rings is 1. The van der Waals surface area contributed by atoms with E-state index in [2.05, 4.69) is 18.7 Å². The largest absolute Gasteiger partial charge is 0.341 e. The molecule has 24 heavy (non-hydrogen) atoms. The number of hydrogen-bond donors (Lipinski definition) is 0. The van der Waals surface area contributed by atoms with E-state index in [9.17, 15) is 9.59 Å². The number of likely N-dealkylation sites (tertiary alicyclic amines) is 2. The fraction of sp³-hybridized carbons (Fsp3) is 0.684. The Kier molecular flexibility index (Phi) is 5.72. The summed E-state index contributed by atoms with van der Waals surface area (Å²) in [5, 5.41) is 1.91. The van der Waals surface area contributed by atoms with Gasteiger partial charge in [0.1, 0.15) is 0 Å². The van der Waals surface area contributed by atoms with Crippen molar-refractivity contribution in [2.45, 2.75) is 70.5 Å². The SMILES string of the molecule is C[C@@H]1CC[C@@H](C)N1[C@@H]1CCCN(C(=O)CCC(=O)c2cccs2)C1. The van der Waals surface area contributed by atoms with E-state index in [1.54, 1.807) is 0 Å². The van der Waals surface area contributed by atoms with E-state index in [0.717, 1.165) is 24.4 Å². The first-order valence-corrected chi connectivity index (χ1v) is 10.1. The summed E-state index contributed by atoms with van der Waals surface area (Å²) in [6.07, 6.45) is 5.46. The second-order valence-electron chi connectivity index (χ2n) is 7.26. The molecule has 2 saturated heterocycles. The van der Waals surface area contributed by atoms with Gasteiger partial charge in [-0.25, -0.2) is 0 Å². The van der Waals surface area contributed by atoms with Gasteiger partial charge in [-0.2, -0.15) is 0 Å². The van der Waals surface area contributed by atoms with Crippen molar-refractivity contribution in [2.75, 3.05) is 13.1 Å². The van der Waals surface area contributed by atoms with Crippen LogP contribution in [0.15, 0.2) is 17.5 Å². The minimum absolute atomic E-state index is 0.0914. The van der Waals surface area contributed by atoms with Crippen LogP contribution in [0.5, 0.6) is 0 Å². The predicted octanol–water partition coefficient (Wildman–Crippen LogP) is 3.57. The second-order valence-corrected chi connectivity index (χ2v) is 8.21. The van der Waals surface area contributed by atoms with E-state index in [-0.39, 0.29) is 11.7 Å².